The van der Waals surface area contributed by atoms with Crippen LogP contribution in [0.25, 0.3) is 0 Å². The number of carbonyl (C=O) groups excluding carboxylic acids is 1. The number of unbranched alkanes of at least 4 members (excludes halogenated alkanes) is 1. The predicted molar refractivity (Wildman–Crippen MR) is 125 cm³/mol. The molecule has 6 heteroatoms. The van der Waals surface area contributed by atoms with Crippen molar-refractivity contribution in [2.24, 2.45) is 0 Å². The van der Waals surface area contributed by atoms with Crippen LogP contribution in [0.15, 0.2) is 36.4 Å². The molecule has 1 atom stereocenters. The number of benzene rings is 2. The molecule has 174 valence electrons. The maximum Gasteiger partial charge on any atom is 0.338 e. The zero-order chi connectivity index (χ0) is 22.9. The Labute approximate surface area is 191 Å². The molecule has 0 amide bonds. The van der Waals surface area contributed by atoms with Crippen molar-refractivity contribution in [3.63, 3.8) is 0 Å². The second-order valence-corrected chi connectivity index (χ2v) is 8.07. The third-order valence-corrected chi connectivity index (χ3v) is 6.23. The Morgan fingerprint density at radius 1 is 0.969 bits per heavy atom. The molecule has 0 saturated heterocycles. The van der Waals surface area contributed by atoms with E-state index >= 15 is 0 Å². The van der Waals surface area contributed by atoms with Crippen LogP contribution in [0.1, 0.15) is 47.7 Å². The van der Waals surface area contributed by atoms with Crippen molar-refractivity contribution in [1.29, 1.82) is 0 Å². The second kappa shape index (κ2) is 11.8. The summed E-state index contributed by atoms with van der Waals surface area (Å²) in [5, 5.41) is 0. The highest BCUT2D eigenvalue weighted by molar-refractivity contribution is 5.90. The van der Waals surface area contributed by atoms with E-state index in [1.807, 2.05) is 0 Å². The molecule has 32 heavy (non-hydrogen) atoms. The Balaban J connectivity index is 1.44. The molecule has 0 aliphatic heterocycles. The Morgan fingerprint density at radius 2 is 1.78 bits per heavy atom. The van der Waals surface area contributed by atoms with Crippen molar-refractivity contribution in [2.75, 3.05) is 41.0 Å². The molecule has 1 aliphatic carbocycles. The lowest BCUT2D eigenvalue weighted by atomic mass is 9.87. The fourth-order valence-electron chi connectivity index (χ4n) is 4.38. The van der Waals surface area contributed by atoms with Crippen LogP contribution in [0, 0.1) is 0 Å². The third kappa shape index (κ3) is 5.94. The SMILES string of the molecule is CCN(CCCCOC(=O)c1ccc(OC)c(OC)c1)C1CCc2ccc(OC)cc2C1. The number of hydrogen-bond donors (Lipinski definition) is 0. The summed E-state index contributed by atoms with van der Waals surface area (Å²) in [7, 11) is 4.84. The maximum absolute atomic E-state index is 12.3. The predicted octanol–water partition coefficient (Wildman–Crippen LogP) is 4.53. The minimum Gasteiger partial charge on any atom is -0.497 e. The maximum atomic E-state index is 12.3. The first-order chi connectivity index (χ1) is 15.6. The number of aryl methyl sites for hydroxylation is 1. The van der Waals surface area contributed by atoms with E-state index in [2.05, 4.69) is 30.0 Å². The summed E-state index contributed by atoms with van der Waals surface area (Å²) in [5.74, 6) is 1.71. The van der Waals surface area contributed by atoms with E-state index in [0.717, 1.165) is 44.5 Å². The van der Waals surface area contributed by atoms with E-state index in [1.165, 1.54) is 17.5 Å². The Hall–Kier alpha value is -2.73. The molecule has 0 N–H and O–H groups in total. The van der Waals surface area contributed by atoms with Crippen LogP contribution in [0.3, 0.4) is 0 Å². The highest BCUT2D eigenvalue weighted by atomic mass is 16.5. The van der Waals surface area contributed by atoms with Gasteiger partial charge in [0.2, 0.25) is 0 Å². The zero-order valence-corrected chi connectivity index (χ0v) is 19.7. The minimum absolute atomic E-state index is 0.337. The molecule has 1 aliphatic rings. The fraction of sp³-hybridized carbons (Fsp3) is 0.500. The molecule has 0 heterocycles. The summed E-state index contributed by atoms with van der Waals surface area (Å²) >= 11 is 0. The van der Waals surface area contributed by atoms with Crippen molar-refractivity contribution in [2.45, 2.75) is 45.1 Å². The lowest BCUT2D eigenvalue weighted by Gasteiger charge is -2.34. The quantitative estimate of drug-likeness (QED) is 0.377. The highest BCUT2D eigenvalue weighted by Crippen LogP contribution is 2.29. The van der Waals surface area contributed by atoms with E-state index in [4.69, 9.17) is 18.9 Å². The molecule has 2 aromatic rings. The molecular weight excluding hydrogens is 406 g/mol. The Morgan fingerprint density at radius 3 is 2.50 bits per heavy atom. The third-order valence-electron chi connectivity index (χ3n) is 6.23. The highest BCUT2D eigenvalue weighted by Gasteiger charge is 2.23. The van der Waals surface area contributed by atoms with E-state index < -0.39 is 0 Å². The molecule has 0 saturated carbocycles. The van der Waals surface area contributed by atoms with Gasteiger partial charge in [-0.05, 0) is 86.7 Å². The Kier molecular flexibility index (Phi) is 8.80. The van der Waals surface area contributed by atoms with E-state index in [0.29, 0.717) is 29.7 Å². The summed E-state index contributed by atoms with van der Waals surface area (Å²) in [5.41, 5.74) is 3.32. The smallest absolute Gasteiger partial charge is 0.338 e. The number of nitrogens with zero attached hydrogens (tertiary/aromatic N) is 1. The lowest BCUT2D eigenvalue weighted by Crippen LogP contribution is -2.39. The van der Waals surface area contributed by atoms with Gasteiger partial charge in [-0.15, -0.1) is 0 Å². The van der Waals surface area contributed by atoms with Crippen LogP contribution in [-0.4, -0.2) is 57.9 Å². The van der Waals surface area contributed by atoms with Crippen LogP contribution in [0.2, 0.25) is 0 Å². The van der Waals surface area contributed by atoms with Crippen LogP contribution in [0.4, 0.5) is 0 Å². The number of fused-ring (bicyclic) bond motifs is 1. The van der Waals surface area contributed by atoms with Crippen LogP contribution in [-0.2, 0) is 17.6 Å². The van der Waals surface area contributed by atoms with Gasteiger partial charge in [-0.25, -0.2) is 4.79 Å². The fourth-order valence-corrected chi connectivity index (χ4v) is 4.38. The van der Waals surface area contributed by atoms with Crippen LogP contribution < -0.4 is 14.2 Å². The Bertz CT molecular complexity index is 898. The molecule has 1 unspecified atom stereocenters. The molecule has 3 rings (SSSR count). The van der Waals surface area contributed by atoms with Crippen molar-refractivity contribution >= 4 is 5.97 Å². The van der Waals surface area contributed by atoms with Gasteiger partial charge in [0, 0.05) is 6.04 Å². The van der Waals surface area contributed by atoms with E-state index in [-0.39, 0.29) is 5.97 Å². The van der Waals surface area contributed by atoms with Crippen molar-refractivity contribution in [3.8, 4) is 17.2 Å². The molecule has 0 bridgehead atoms. The monoisotopic (exact) mass is 441 g/mol. The van der Waals surface area contributed by atoms with Gasteiger partial charge in [0.05, 0.1) is 33.5 Å². The van der Waals surface area contributed by atoms with Crippen molar-refractivity contribution in [3.05, 3.63) is 53.1 Å². The standard InChI is InChI=1S/C26H35NO5/c1-5-27(22-11-8-19-9-12-23(29-2)17-21(19)16-22)14-6-7-15-32-26(28)20-10-13-24(30-3)25(18-20)31-4/h9-10,12-13,17-18,22H,5-8,11,14-16H2,1-4H3. The largest absolute Gasteiger partial charge is 0.497 e. The number of hydrogen-bond acceptors (Lipinski definition) is 6. The molecule has 6 nitrogen and oxygen atoms in total. The van der Waals surface area contributed by atoms with E-state index in [9.17, 15) is 4.79 Å². The van der Waals surface area contributed by atoms with Gasteiger partial charge in [0.25, 0.3) is 0 Å². The zero-order valence-electron chi connectivity index (χ0n) is 19.7. The number of ether oxygens (including phenoxy) is 4. The lowest BCUT2D eigenvalue weighted by molar-refractivity contribution is 0.0492. The van der Waals surface area contributed by atoms with Crippen molar-refractivity contribution < 1.29 is 23.7 Å². The van der Waals surface area contributed by atoms with Crippen molar-refractivity contribution in [1.82, 2.24) is 4.90 Å². The van der Waals surface area contributed by atoms with Crippen LogP contribution >= 0.6 is 0 Å². The molecule has 0 aromatic heterocycles. The number of rotatable bonds is 11. The van der Waals surface area contributed by atoms with Gasteiger partial charge >= 0.3 is 5.97 Å². The summed E-state index contributed by atoms with van der Waals surface area (Å²) in [6, 6.07) is 12.0. The molecule has 0 fully saturated rings. The average Bonchev–Trinajstić information content (AvgIpc) is 2.84. The minimum atomic E-state index is -0.337. The van der Waals surface area contributed by atoms with Gasteiger partial charge in [0.1, 0.15) is 5.75 Å². The number of methoxy groups -OCH3 is 3. The van der Waals surface area contributed by atoms with Crippen LogP contribution in [0.5, 0.6) is 17.2 Å². The molecule has 2 aromatic carbocycles. The molecule has 0 radical (unpaired) electrons. The molecular formula is C26H35NO5. The van der Waals surface area contributed by atoms with Gasteiger partial charge in [-0.1, -0.05) is 13.0 Å². The van der Waals surface area contributed by atoms with E-state index in [1.54, 1.807) is 39.5 Å². The first-order valence-corrected chi connectivity index (χ1v) is 11.4. The number of likely N-dealkylation sites (N-methyl/N-ethyl adjacent to an activating group) is 1. The second-order valence-electron chi connectivity index (χ2n) is 8.07. The number of esters is 1. The first-order valence-electron chi connectivity index (χ1n) is 11.4. The van der Waals surface area contributed by atoms with Gasteiger partial charge in [0.15, 0.2) is 11.5 Å². The van der Waals surface area contributed by atoms with Gasteiger partial charge in [-0.2, -0.15) is 0 Å². The summed E-state index contributed by atoms with van der Waals surface area (Å²) < 4.78 is 21.3. The average molecular weight is 442 g/mol. The summed E-state index contributed by atoms with van der Waals surface area (Å²) in [6.07, 6.45) is 5.20. The summed E-state index contributed by atoms with van der Waals surface area (Å²) in [4.78, 5) is 14.9. The number of carbonyl (C=O) groups is 1. The summed E-state index contributed by atoms with van der Waals surface area (Å²) in [6.45, 7) is 4.66. The van der Waals surface area contributed by atoms with Gasteiger partial charge < -0.3 is 23.8 Å². The molecule has 0 spiro atoms. The first kappa shape index (κ1) is 23.9. The normalized spacial score (nSPS) is 15.2. The van der Waals surface area contributed by atoms with Gasteiger partial charge in [-0.3, -0.25) is 0 Å². The topological polar surface area (TPSA) is 57.2 Å².